The summed E-state index contributed by atoms with van der Waals surface area (Å²) in [5.41, 5.74) is 7.03. The van der Waals surface area contributed by atoms with Crippen LogP contribution in [-0.2, 0) is 4.74 Å². The highest BCUT2D eigenvalue weighted by Crippen LogP contribution is 2.49. The minimum atomic E-state index is -0.869. The largest absolute Gasteiger partial charge is 0.465 e. The van der Waals surface area contributed by atoms with E-state index in [2.05, 4.69) is 10.3 Å². The maximum absolute atomic E-state index is 12.1. The van der Waals surface area contributed by atoms with Gasteiger partial charge in [-0.05, 0) is 65.0 Å². The van der Waals surface area contributed by atoms with Gasteiger partial charge >= 0.3 is 12.2 Å². The van der Waals surface area contributed by atoms with Crippen molar-refractivity contribution < 1.29 is 19.4 Å². The summed E-state index contributed by atoms with van der Waals surface area (Å²) >= 11 is 1.61. The fourth-order valence-electron chi connectivity index (χ4n) is 4.60. The summed E-state index contributed by atoms with van der Waals surface area (Å²) in [6.07, 6.45) is 4.35. The zero-order valence-corrected chi connectivity index (χ0v) is 20.1. The van der Waals surface area contributed by atoms with E-state index in [0.29, 0.717) is 5.69 Å². The highest BCUT2D eigenvalue weighted by molar-refractivity contribution is 7.15. The van der Waals surface area contributed by atoms with Gasteiger partial charge < -0.3 is 25.8 Å². The van der Waals surface area contributed by atoms with E-state index in [0.717, 1.165) is 47.6 Å². The Bertz CT molecular complexity index is 1010. The molecule has 0 bridgehead atoms. The van der Waals surface area contributed by atoms with E-state index < -0.39 is 17.8 Å². The van der Waals surface area contributed by atoms with Crippen LogP contribution in [0.5, 0.6) is 0 Å². The molecule has 8 nitrogen and oxygen atoms in total. The Labute approximate surface area is 198 Å². The van der Waals surface area contributed by atoms with Gasteiger partial charge in [0.05, 0.1) is 0 Å². The third kappa shape index (κ3) is 5.76. The molecule has 2 aliphatic carbocycles. The maximum atomic E-state index is 12.1. The molecule has 2 aromatic rings. The zero-order chi connectivity index (χ0) is 23.8. The summed E-state index contributed by atoms with van der Waals surface area (Å²) in [5.74, 6) is 0.186. The van der Waals surface area contributed by atoms with Crippen molar-refractivity contribution in [2.75, 3.05) is 5.73 Å². The number of nitrogens with two attached hydrogens (primary N) is 1. The van der Waals surface area contributed by atoms with Gasteiger partial charge in [-0.3, -0.25) is 0 Å². The Hall–Kier alpha value is -2.81. The van der Waals surface area contributed by atoms with Crippen LogP contribution in [0, 0.1) is 0 Å². The first kappa shape index (κ1) is 23.4. The van der Waals surface area contributed by atoms with Gasteiger partial charge in [0.2, 0.25) is 0 Å². The first-order valence-corrected chi connectivity index (χ1v) is 12.2. The van der Waals surface area contributed by atoms with Crippen molar-refractivity contribution in [1.82, 2.24) is 15.2 Å². The SMILES string of the molecule is CC(C)(C)OC(=O)NC1CCC(N(C(=O)O)[C@@H]2C[C@H]2c2cnc(-c3cccc(N)c3)s2)CC1. The number of carbonyl (C=O) groups excluding carboxylic acids is 1. The quantitative estimate of drug-likeness (QED) is 0.523. The number of alkyl carbamates (subject to hydrolysis) is 1. The van der Waals surface area contributed by atoms with Gasteiger partial charge in [0.25, 0.3) is 0 Å². The average Bonchev–Trinajstić information content (AvgIpc) is 3.32. The number of carbonyl (C=O) groups is 2. The standard InChI is InChI=1S/C24H32N4O4S/c1-24(2,3)32-22(29)27-16-7-9-17(10-8-16)28(23(30)31)19-12-18(19)20-13-26-21(33-20)14-5-4-6-15(25)11-14/h4-6,11,13,16-19H,7-10,12,25H2,1-3H3,(H,27,29)(H,30,31)/t16?,17?,18-,19-/m1/s1. The van der Waals surface area contributed by atoms with Crippen molar-refractivity contribution in [2.45, 2.75) is 82.5 Å². The van der Waals surface area contributed by atoms with E-state index in [-0.39, 0.29) is 24.0 Å². The van der Waals surface area contributed by atoms with Gasteiger partial charge in [0.1, 0.15) is 10.6 Å². The lowest BCUT2D eigenvalue weighted by atomic mass is 9.90. The molecule has 9 heteroatoms. The van der Waals surface area contributed by atoms with Crippen molar-refractivity contribution in [3.05, 3.63) is 35.3 Å². The number of nitrogen functional groups attached to an aromatic ring is 1. The van der Waals surface area contributed by atoms with E-state index in [1.54, 1.807) is 16.2 Å². The third-order valence-electron chi connectivity index (χ3n) is 6.17. The molecule has 1 heterocycles. The molecule has 0 unspecified atom stereocenters. The van der Waals surface area contributed by atoms with Crippen LogP contribution >= 0.6 is 11.3 Å². The van der Waals surface area contributed by atoms with E-state index in [1.807, 2.05) is 51.2 Å². The predicted molar refractivity (Wildman–Crippen MR) is 128 cm³/mol. The molecule has 1 aromatic heterocycles. The first-order chi connectivity index (χ1) is 15.6. The number of ether oxygens (including phenoxy) is 1. The van der Waals surface area contributed by atoms with Crippen molar-refractivity contribution in [1.29, 1.82) is 0 Å². The lowest BCUT2D eigenvalue weighted by Gasteiger charge is -2.36. The van der Waals surface area contributed by atoms with E-state index >= 15 is 0 Å². The number of benzene rings is 1. The molecule has 0 aliphatic heterocycles. The normalized spacial score (nSPS) is 24.7. The van der Waals surface area contributed by atoms with Crippen LogP contribution < -0.4 is 11.1 Å². The average molecular weight is 473 g/mol. The minimum absolute atomic E-state index is 0.0167. The molecule has 0 saturated heterocycles. The number of aromatic nitrogens is 1. The second-order valence-electron chi connectivity index (χ2n) is 9.94. The number of hydrogen-bond acceptors (Lipinski definition) is 6. The molecule has 2 fully saturated rings. The predicted octanol–water partition coefficient (Wildman–Crippen LogP) is 5.06. The first-order valence-electron chi connectivity index (χ1n) is 11.4. The molecule has 178 valence electrons. The Morgan fingerprint density at radius 1 is 1.24 bits per heavy atom. The van der Waals surface area contributed by atoms with Crippen LogP contribution in [0.1, 0.15) is 63.7 Å². The maximum Gasteiger partial charge on any atom is 0.407 e. The second kappa shape index (κ2) is 9.21. The molecule has 33 heavy (non-hydrogen) atoms. The van der Waals surface area contributed by atoms with Gasteiger partial charge in [-0.25, -0.2) is 14.6 Å². The minimum Gasteiger partial charge on any atom is -0.465 e. The molecule has 4 rings (SSSR count). The van der Waals surface area contributed by atoms with Gasteiger partial charge in [-0.2, -0.15) is 0 Å². The van der Waals surface area contributed by atoms with E-state index in [1.165, 1.54) is 0 Å². The fourth-order valence-corrected chi connectivity index (χ4v) is 5.68. The number of nitrogens with zero attached hydrogens (tertiary/aromatic N) is 2. The molecule has 0 radical (unpaired) electrons. The third-order valence-corrected chi connectivity index (χ3v) is 7.35. The van der Waals surface area contributed by atoms with Gasteiger partial charge in [-0.15, -0.1) is 11.3 Å². The highest BCUT2D eigenvalue weighted by atomic mass is 32.1. The number of anilines is 1. The van der Waals surface area contributed by atoms with Gasteiger partial charge in [0.15, 0.2) is 0 Å². The van der Waals surface area contributed by atoms with Crippen LogP contribution in [0.4, 0.5) is 15.3 Å². The highest BCUT2D eigenvalue weighted by Gasteiger charge is 2.49. The second-order valence-corrected chi connectivity index (χ2v) is 11.0. The number of amides is 2. The van der Waals surface area contributed by atoms with Crippen LogP contribution in [0.15, 0.2) is 30.5 Å². The lowest BCUT2D eigenvalue weighted by Crippen LogP contribution is -2.47. The molecule has 0 spiro atoms. The summed E-state index contributed by atoms with van der Waals surface area (Å²) < 4.78 is 5.34. The topological polar surface area (TPSA) is 118 Å². The van der Waals surface area contributed by atoms with Crippen molar-refractivity contribution in [2.24, 2.45) is 0 Å². The van der Waals surface area contributed by atoms with Crippen molar-refractivity contribution in [3.63, 3.8) is 0 Å². The van der Waals surface area contributed by atoms with Crippen LogP contribution in [0.25, 0.3) is 10.6 Å². The van der Waals surface area contributed by atoms with Crippen LogP contribution in [0.2, 0.25) is 0 Å². The Balaban J connectivity index is 1.34. The van der Waals surface area contributed by atoms with E-state index in [4.69, 9.17) is 10.5 Å². The fraction of sp³-hybridized carbons (Fsp3) is 0.542. The summed E-state index contributed by atoms with van der Waals surface area (Å²) in [6, 6.07) is 7.61. The monoisotopic (exact) mass is 472 g/mol. The number of thiazole rings is 1. The Morgan fingerprint density at radius 2 is 1.97 bits per heavy atom. The molecular formula is C24H32N4O4S. The summed E-state index contributed by atoms with van der Waals surface area (Å²) in [7, 11) is 0. The smallest absolute Gasteiger partial charge is 0.407 e. The number of carboxylic acid groups (broad SMARTS) is 1. The lowest BCUT2D eigenvalue weighted by molar-refractivity contribution is 0.0471. The zero-order valence-electron chi connectivity index (χ0n) is 19.3. The molecule has 2 aliphatic rings. The molecule has 2 saturated carbocycles. The van der Waals surface area contributed by atoms with Crippen LogP contribution in [0.3, 0.4) is 0 Å². The number of hydrogen-bond donors (Lipinski definition) is 3. The number of nitrogens with one attached hydrogen (secondary N) is 1. The molecule has 2 atom stereocenters. The summed E-state index contributed by atoms with van der Waals surface area (Å²) in [4.78, 5) is 31.5. The van der Waals surface area contributed by atoms with Gasteiger partial charge in [0, 0.05) is 46.4 Å². The molecule has 1 aromatic carbocycles. The van der Waals surface area contributed by atoms with Crippen LogP contribution in [-0.4, -0.2) is 50.9 Å². The molecular weight excluding hydrogens is 440 g/mol. The number of rotatable bonds is 5. The van der Waals surface area contributed by atoms with Crippen molar-refractivity contribution >= 4 is 29.2 Å². The molecule has 4 N–H and O–H groups in total. The Morgan fingerprint density at radius 3 is 2.61 bits per heavy atom. The van der Waals surface area contributed by atoms with E-state index in [9.17, 15) is 14.7 Å². The van der Waals surface area contributed by atoms with Gasteiger partial charge in [-0.1, -0.05) is 12.1 Å². The summed E-state index contributed by atoms with van der Waals surface area (Å²) in [6.45, 7) is 5.50. The Kier molecular flexibility index (Phi) is 6.52. The summed E-state index contributed by atoms with van der Waals surface area (Å²) in [5, 5.41) is 13.8. The van der Waals surface area contributed by atoms with Crippen molar-refractivity contribution in [3.8, 4) is 10.6 Å². The molecule has 2 amide bonds.